The highest BCUT2D eigenvalue weighted by atomic mass is 16.2. The summed E-state index contributed by atoms with van der Waals surface area (Å²) in [6.07, 6.45) is 1.59. The van der Waals surface area contributed by atoms with Crippen molar-refractivity contribution in [3.63, 3.8) is 0 Å². The van der Waals surface area contributed by atoms with Gasteiger partial charge in [-0.05, 0) is 26.0 Å². The number of pyridine rings is 1. The third-order valence-electron chi connectivity index (χ3n) is 3.84. The van der Waals surface area contributed by atoms with E-state index in [1.165, 1.54) is 0 Å². The van der Waals surface area contributed by atoms with Gasteiger partial charge in [0.05, 0.1) is 0 Å². The quantitative estimate of drug-likeness (QED) is 0.873. The molecule has 0 aromatic carbocycles. The van der Waals surface area contributed by atoms with Crippen LogP contribution in [0, 0.1) is 0 Å². The van der Waals surface area contributed by atoms with Crippen LogP contribution in [0.2, 0.25) is 0 Å². The number of nitrogens with one attached hydrogen (secondary N) is 1. The molecule has 2 amide bonds. The van der Waals surface area contributed by atoms with Crippen LogP contribution in [0.5, 0.6) is 0 Å². The zero-order valence-electron chi connectivity index (χ0n) is 12.7. The number of nitrogens with zero attached hydrogens (tertiary/aromatic N) is 3. The van der Waals surface area contributed by atoms with E-state index in [9.17, 15) is 9.59 Å². The third kappa shape index (κ3) is 3.39. The smallest absolute Gasteiger partial charge is 0.273 e. The molecule has 0 unspecified atom stereocenters. The van der Waals surface area contributed by atoms with Crippen molar-refractivity contribution in [1.82, 2.24) is 20.1 Å². The summed E-state index contributed by atoms with van der Waals surface area (Å²) in [5.41, 5.74) is 0.379. The molecular weight excluding hydrogens is 268 g/mol. The lowest BCUT2D eigenvalue weighted by molar-refractivity contribution is -0.127. The number of piperazine rings is 1. The van der Waals surface area contributed by atoms with Crippen LogP contribution in [0.15, 0.2) is 24.4 Å². The summed E-state index contributed by atoms with van der Waals surface area (Å²) in [5.74, 6) is -0.322. The molecule has 6 nitrogen and oxygen atoms in total. The minimum Gasteiger partial charge on any atom is -0.357 e. The molecular formula is C15H22N4O2. The Morgan fingerprint density at radius 2 is 2.10 bits per heavy atom. The first-order valence-electron chi connectivity index (χ1n) is 7.22. The van der Waals surface area contributed by atoms with E-state index in [1.807, 2.05) is 0 Å². The van der Waals surface area contributed by atoms with Gasteiger partial charge in [0, 0.05) is 38.9 Å². The molecule has 6 heteroatoms. The largest absolute Gasteiger partial charge is 0.357 e. The molecule has 114 valence electrons. The lowest BCUT2D eigenvalue weighted by atomic mass is 10.1. The fourth-order valence-corrected chi connectivity index (χ4v) is 2.54. The van der Waals surface area contributed by atoms with Crippen LogP contribution in [-0.4, -0.2) is 65.4 Å². The maximum absolute atomic E-state index is 12.6. The Balaban J connectivity index is 2.21. The molecule has 0 saturated carbocycles. The molecule has 1 N–H and O–H groups in total. The van der Waals surface area contributed by atoms with Crippen LogP contribution in [0.4, 0.5) is 0 Å². The zero-order valence-corrected chi connectivity index (χ0v) is 12.7. The van der Waals surface area contributed by atoms with E-state index in [0.29, 0.717) is 24.8 Å². The van der Waals surface area contributed by atoms with Gasteiger partial charge in [0.1, 0.15) is 11.7 Å². The van der Waals surface area contributed by atoms with Gasteiger partial charge in [-0.2, -0.15) is 0 Å². The molecule has 2 heterocycles. The second-order valence-electron chi connectivity index (χ2n) is 5.43. The zero-order chi connectivity index (χ0) is 15.4. The van der Waals surface area contributed by atoms with Crippen molar-refractivity contribution in [3.05, 3.63) is 30.1 Å². The first-order valence-corrected chi connectivity index (χ1v) is 7.22. The maximum atomic E-state index is 12.6. The summed E-state index contributed by atoms with van der Waals surface area (Å²) in [4.78, 5) is 32.6. The molecule has 1 saturated heterocycles. The van der Waals surface area contributed by atoms with Gasteiger partial charge in [-0.15, -0.1) is 0 Å². The molecule has 1 aromatic heterocycles. The maximum Gasteiger partial charge on any atom is 0.273 e. The molecule has 1 aliphatic heterocycles. The highest BCUT2D eigenvalue weighted by molar-refractivity contribution is 5.96. The molecule has 0 bridgehead atoms. The van der Waals surface area contributed by atoms with Crippen LogP contribution in [0.25, 0.3) is 0 Å². The van der Waals surface area contributed by atoms with Crippen molar-refractivity contribution >= 4 is 11.8 Å². The van der Waals surface area contributed by atoms with Gasteiger partial charge < -0.3 is 10.2 Å². The minimum atomic E-state index is -0.472. The van der Waals surface area contributed by atoms with Gasteiger partial charge in [0.25, 0.3) is 5.91 Å². The second kappa shape index (κ2) is 6.67. The van der Waals surface area contributed by atoms with Gasteiger partial charge >= 0.3 is 0 Å². The highest BCUT2D eigenvalue weighted by Crippen LogP contribution is 2.15. The predicted octanol–water partition coefficient (Wildman–Crippen LogP) is 0.362. The molecule has 0 spiro atoms. The minimum absolute atomic E-state index is 0.135. The van der Waals surface area contributed by atoms with E-state index < -0.39 is 6.04 Å². The van der Waals surface area contributed by atoms with Gasteiger partial charge in [-0.25, -0.2) is 0 Å². The Morgan fingerprint density at radius 3 is 2.67 bits per heavy atom. The number of amides is 2. The molecule has 21 heavy (non-hydrogen) atoms. The van der Waals surface area contributed by atoms with Crippen LogP contribution >= 0.6 is 0 Å². The number of rotatable bonds is 3. The molecule has 1 atom stereocenters. The van der Waals surface area contributed by atoms with Crippen molar-refractivity contribution in [1.29, 1.82) is 0 Å². The normalized spacial score (nSPS) is 19.6. The Bertz CT molecular complexity index is 504. The van der Waals surface area contributed by atoms with Crippen molar-refractivity contribution in [2.75, 3.05) is 26.7 Å². The van der Waals surface area contributed by atoms with Crippen LogP contribution < -0.4 is 5.32 Å². The number of hydrogen-bond donors (Lipinski definition) is 1. The molecule has 0 aliphatic carbocycles. The fraction of sp³-hybridized carbons (Fsp3) is 0.533. The predicted molar refractivity (Wildman–Crippen MR) is 79.8 cm³/mol. The molecule has 0 radical (unpaired) electrons. The average molecular weight is 290 g/mol. The van der Waals surface area contributed by atoms with Crippen LogP contribution in [0.1, 0.15) is 24.3 Å². The summed E-state index contributed by atoms with van der Waals surface area (Å²) in [7, 11) is 1.60. The first kappa shape index (κ1) is 15.4. The number of likely N-dealkylation sites (N-methyl/N-ethyl adjacent to an activating group) is 1. The van der Waals surface area contributed by atoms with E-state index in [1.54, 1.807) is 36.3 Å². The number of carbonyl (C=O) groups is 2. The van der Waals surface area contributed by atoms with E-state index >= 15 is 0 Å². The van der Waals surface area contributed by atoms with Crippen molar-refractivity contribution < 1.29 is 9.59 Å². The van der Waals surface area contributed by atoms with Crippen molar-refractivity contribution in [2.24, 2.45) is 0 Å². The van der Waals surface area contributed by atoms with Gasteiger partial charge in [0.15, 0.2) is 0 Å². The Hall–Kier alpha value is -1.95. The Labute approximate surface area is 125 Å². The fourth-order valence-electron chi connectivity index (χ4n) is 2.54. The third-order valence-corrected chi connectivity index (χ3v) is 3.84. The van der Waals surface area contributed by atoms with Gasteiger partial charge in [0.2, 0.25) is 5.91 Å². The van der Waals surface area contributed by atoms with E-state index in [2.05, 4.69) is 29.0 Å². The lowest BCUT2D eigenvalue weighted by Gasteiger charge is -2.41. The second-order valence-corrected chi connectivity index (χ2v) is 5.43. The van der Waals surface area contributed by atoms with E-state index in [-0.39, 0.29) is 11.8 Å². The van der Waals surface area contributed by atoms with Crippen LogP contribution in [0.3, 0.4) is 0 Å². The number of aromatic nitrogens is 1. The SMILES string of the molecule is CNC(=O)[C@H]1CN(C(C)C)CCN1C(=O)c1ccccn1. The summed E-state index contributed by atoms with van der Waals surface area (Å²) < 4.78 is 0. The van der Waals surface area contributed by atoms with Crippen molar-refractivity contribution in [3.8, 4) is 0 Å². The van der Waals surface area contributed by atoms with Crippen LogP contribution in [-0.2, 0) is 4.79 Å². The highest BCUT2D eigenvalue weighted by Gasteiger charge is 2.36. The average Bonchev–Trinajstić information content (AvgIpc) is 2.53. The number of carbonyl (C=O) groups excluding carboxylic acids is 2. The number of hydrogen-bond acceptors (Lipinski definition) is 4. The first-order chi connectivity index (χ1) is 10.0. The van der Waals surface area contributed by atoms with Crippen molar-refractivity contribution in [2.45, 2.75) is 25.9 Å². The van der Waals surface area contributed by atoms with Gasteiger partial charge in [-0.1, -0.05) is 6.07 Å². The topological polar surface area (TPSA) is 65.5 Å². The monoisotopic (exact) mass is 290 g/mol. The summed E-state index contributed by atoms with van der Waals surface area (Å²) in [6.45, 7) is 6.04. The van der Waals surface area contributed by atoms with E-state index in [0.717, 1.165) is 6.54 Å². The molecule has 2 rings (SSSR count). The standard InChI is InChI=1S/C15H22N4O2/c1-11(2)18-8-9-19(13(10-18)14(20)16-3)15(21)12-6-4-5-7-17-12/h4-7,11,13H,8-10H2,1-3H3,(H,16,20)/t13-/m1/s1. The molecule has 1 aromatic rings. The van der Waals surface area contributed by atoms with Gasteiger partial charge in [-0.3, -0.25) is 19.5 Å². The molecule has 1 aliphatic rings. The molecule has 1 fully saturated rings. The Morgan fingerprint density at radius 1 is 1.33 bits per heavy atom. The summed E-state index contributed by atoms with van der Waals surface area (Å²) >= 11 is 0. The Kier molecular flexibility index (Phi) is 4.90. The summed E-state index contributed by atoms with van der Waals surface area (Å²) in [6, 6.07) is 5.10. The van der Waals surface area contributed by atoms with E-state index in [4.69, 9.17) is 0 Å². The summed E-state index contributed by atoms with van der Waals surface area (Å²) in [5, 5.41) is 2.65. The lowest BCUT2D eigenvalue weighted by Crippen LogP contribution is -2.61.